The van der Waals surface area contributed by atoms with Crippen LogP contribution in [-0.4, -0.2) is 20.7 Å². The van der Waals surface area contributed by atoms with E-state index in [0.717, 1.165) is 6.54 Å². The molecule has 2 rings (SSSR count). The maximum Gasteiger partial charge on any atom is 0.257 e. The Hall–Kier alpha value is -2.08. The number of hydrogen-bond acceptors (Lipinski definition) is 4. The van der Waals surface area contributed by atoms with E-state index in [2.05, 4.69) is 15.4 Å². The molecule has 0 saturated carbocycles. The molecule has 0 radical (unpaired) electrons. The minimum absolute atomic E-state index is 0.244. The zero-order valence-electron chi connectivity index (χ0n) is 9.72. The Balaban J connectivity index is 2.19. The maximum atomic E-state index is 12.0. The number of nitrogens with one attached hydrogen (secondary N) is 1. The number of carbonyl (C=O) groups is 1. The van der Waals surface area contributed by atoms with Crippen LogP contribution in [0.25, 0.3) is 0 Å². The Morgan fingerprint density at radius 3 is 3.00 bits per heavy atom. The van der Waals surface area contributed by atoms with Gasteiger partial charge in [0, 0.05) is 18.9 Å². The van der Waals surface area contributed by atoms with Crippen LogP contribution < -0.4 is 11.1 Å². The summed E-state index contributed by atoms with van der Waals surface area (Å²) in [5.41, 5.74) is 6.41. The summed E-state index contributed by atoms with van der Waals surface area (Å²) in [4.78, 5) is 15.8. The van der Waals surface area contributed by atoms with Gasteiger partial charge in [-0.2, -0.15) is 5.10 Å². The van der Waals surface area contributed by atoms with Gasteiger partial charge in [0.1, 0.15) is 5.82 Å². The molecule has 1 amide bonds. The largest absolute Gasteiger partial charge is 0.384 e. The van der Waals surface area contributed by atoms with Crippen LogP contribution in [0.2, 0.25) is 5.02 Å². The Labute approximate surface area is 109 Å². The first-order valence-electron chi connectivity index (χ1n) is 5.35. The van der Waals surface area contributed by atoms with E-state index in [4.69, 9.17) is 17.3 Å². The molecule has 0 spiro atoms. The van der Waals surface area contributed by atoms with Gasteiger partial charge in [-0.15, -0.1) is 0 Å². The second-order valence-electron chi connectivity index (χ2n) is 3.63. The molecule has 0 atom stereocenters. The summed E-state index contributed by atoms with van der Waals surface area (Å²) in [6, 6.07) is 1.43. The quantitative estimate of drug-likeness (QED) is 0.886. The van der Waals surface area contributed by atoms with Gasteiger partial charge < -0.3 is 11.1 Å². The molecule has 0 aliphatic rings. The van der Waals surface area contributed by atoms with Crippen molar-refractivity contribution >= 4 is 29.0 Å². The van der Waals surface area contributed by atoms with Crippen LogP contribution in [0.3, 0.4) is 0 Å². The van der Waals surface area contributed by atoms with E-state index in [1.165, 1.54) is 12.3 Å². The van der Waals surface area contributed by atoms with E-state index in [1.807, 2.05) is 6.92 Å². The monoisotopic (exact) mass is 265 g/mol. The second-order valence-corrected chi connectivity index (χ2v) is 4.04. The number of pyridine rings is 1. The van der Waals surface area contributed by atoms with Crippen molar-refractivity contribution in [3.63, 3.8) is 0 Å². The molecule has 0 bridgehead atoms. The molecule has 2 aromatic heterocycles. The Kier molecular flexibility index (Phi) is 3.47. The molecule has 2 aromatic rings. The van der Waals surface area contributed by atoms with E-state index >= 15 is 0 Å². The Bertz CT molecular complexity index is 581. The third kappa shape index (κ3) is 2.60. The van der Waals surface area contributed by atoms with E-state index < -0.39 is 0 Å². The summed E-state index contributed by atoms with van der Waals surface area (Å²) in [5.74, 6) is -0.0986. The zero-order chi connectivity index (χ0) is 13.1. The minimum Gasteiger partial charge on any atom is -0.384 e. The van der Waals surface area contributed by atoms with Gasteiger partial charge in [0.05, 0.1) is 22.5 Å². The molecule has 0 unspecified atom stereocenters. The Morgan fingerprint density at radius 1 is 1.56 bits per heavy atom. The van der Waals surface area contributed by atoms with Crippen LogP contribution in [0.1, 0.15) is 17.3 Å². The first-order chi connectivity index (χ1) is 8.60. The summed E-state index contributed by atoms with van der Waals surface area (Å²) < 4.78 is 1.71. The lowest BCUT2D eigenvalue weighted by atomic mass is 10.2. The number of carbonyl (C=O) groups excluding carboxylic acids is 1. The van der Waals surface area contributed by atoms with Crippen LogP contribution >= 0.6 is 11.6 Å². The van der Waals surface area contributed by atoms with Crippen LogP contribution in [0.5, 0.6) is 0 Å². The van der Waals surface area contributed by atoms with Gasteiger partial charge in [-0.1, -0.05) is 11.6 Å². The summed E-state index contributed by atoms with van der Waals surface area (Å²) in [6.07, 6.45) is 4.65. The summed E-state index contributed by atoms with van der Waals surface area (Å²) in [7, 11) is 0. The van der Waals surface area contributed by atoms with Crippen molar-refractivity contribution < 1.29 is 4.79 Å². The number of nitrogen functional groups attached to an aromatic ring is 1. The third-order valence-electron chi connectivity index (χ3n) is 2.34. The van der Waals surface area contributed by atoms with Crippen molar-refractivity contribution in [3.05, 3.63) is 35.2 Å². The summed E-state index contributed by atoms with van der Waals surface area (Å²) >= 11 is 5.89. The van der Waals surface area contributed by atoms with E-state index in [0.29, 0.717) is 5.69 Å². The topological polar surface area (TPSA) is 85.8 Å². The maximum absolute atomic E-state index is 12.0. The number of nitrogens with zero attached hydrogens (tertiary/aromatic N) is 3. The normalized spacial score (nSPS) is 10.3. The second kappa shape index (κ2) is 5.05. The van der Waals surface area contributed by atoms with Gasteiger partial charge >= 0.3 is 0 Å². The van der Waals surface area contributed by atoms with Gasteiger partial charge in [0.2, 0.25) is 0 Å². The molecule has 7 heteroatoms. The first-order valence-corrected chi connectivity index (χ1v) is 5.72. The molecule has 0 saturated heterocycles. The number of aromatic nitrogens is 3. The highest BCUT2D eigenvalue weighted by atomic mass is 35.5. The van der Waals surface area contributed by atoms with Crippen LogP contribution in [0.15, 0.2) is 24.7 Å². The minimum atomic E-state index is -0.343. The van der Waals surface area contributed by atoms with Crippen molar-refractivity contribution in [2.24, 2.45) is 0 Å². The van der Waals surface area contributed by atoms with Gasteiger partial charge in [-0.25, -0.2) is 4.98 Å². The lowest BCUT2D eigenvalue weighted by molar-refractivity contribution is 0.102. The predicted octanol–water partition coefficient (Wildman–Crippen LogP) is 1.79. The average Bonchev–Trinajstić information content (AvgIpc) is 2.80. The number of hydrogen-bond donors (Lipinski definition) is 2. The highest BCUT2D eigenvalue weighted by molar-refractivity contribution is 6.34. The van der Waals surface area contributed by atoms with E-state index in [-0.39, 0.29) is 22.3 Å². The van der Waals surface area contributed by atoms with Crippen LogP contribution in [-0.2, 0) is 6.54 Å². The van der Waals surface area contributed by atoms with Crippen LogP contribution in [0.4, 0.5) is 11.5 Å². The lowest BCUT2D eigenvalue weighted by Crippen LogP contribution is -2.13. The fourth-order valence-electron chi connectivity index (χ4n) is 1.43. The molecule has 2 heterocycles. The van der Waals surface area contributed by atoms with Crippen LogP contribution in [0, 0.1) is 0 Å². The van der Waals surface area contributed by atoms with Gasteiger partial charge in [0.25, 0.3) is 5.91 Å². The molecular weight excluding hydrogens is 254 g/mol. The SMILES string of the molecule is CCn1cc(NC(=O)c2cc(N)ncc2Cl)cn1. The molecule has 3 N–H and O–H groups in total. The summed E-state index contributed by atoms with van der Waals surface area (Å²) in [6.45, 7) is 2.69. The molecular formula is C11H12ClN5O. The van der Waals surface area contributed by atoms with Gasteiger partial charge in [0.15, 0.2) is 0 Å². The molecule has 0 aliphatic heterocycles. The molecule has 6 nitrogen and oxygen atoms in total. The number of rotatable bonds is 3. The number of halogens is 1. The molecule has 0 fully saturated rings. The van der Waals surface area contributed by atoms with E-state index in [9.17, 15) is 4.79 Å². The highest BCUT2D eigenvalue weighted by Crippen LogP contribution is 2.18. The van der Waals surface area contributed by atoms with Gasteiger partial charge in [-0.05, 0) is 13.0 Å². The number of aryl methyl sites for hydroxylation is 1. The van der Waals surface area contributed by atoms with Crippen molar-refractivity contribution in [1.82, 2.24) is 14.8 Å². The third-order valence-corrected chi connectivity index (χ3v) is 2.64. The van der Waals surface area contributed by atoms with Crippen molar-refractivity contribution in [2.75, 3.05) is 11.1 Å². The Morgan fingerprint density at radius 2 is 2.33 bits per heavy atom. The van der Waals surface area contributed by atoms with Gasteiger partial charge in [-0.3, -0.25) is 9.48 Å². The fourth-order valence-corrected chi connectivity index (χ4v) is 1.62. The number of nitrogens with two attached hydrogens (primary N) is 1. The lowest BCUT2D eigenvalue weighted by Gasteiger charge is -2.04. The molecule has 0 aliphatic carbocycles. The number of anilines is 2. The van der Waals surface area contributed by atoms with Crippen molar-refractivity contribution in [1.29, 1.82) is 0 Å². The highest BCUT2D eigenvalue weighted by Gasteiger charge is 2.12. The first kappa shape index (κ1) is 12.4. The fraction of sp³-hybridized carbons (Fsp3) is 0.182. The summed E-state index contributed by atoms with van der Waals surface area (Å²) in [5, 5.41) is 7.00. The molecule has 94 valence electrons. The number of amides is 1. The standard InChI is InChI=1S/C11H12ClN5O/c1-2-17-6-7(4-15-17)16-11(18)8-3-10(13)14-5-9(8)12/h3-6H,2H2,1H3,(H2,13,14)(H,16,18). The molecule has 0 aromatic carbocycles. The molecule has 18 heavy (non-hydrogen) atoms. The van der Waals surface area contributed by atoms with E-state index in [1.54, 1.807) is 17.1 Å². The smallest absolute Gasteiger partial charge is 0.257 e. The van der Waals surface area contributed by atoms with Crippen molar-refractivity contribution in [2.45, 2.75) is 13.5 Å². The predicted molar refractivity (Wildman–Crippen MR) is 69.5 cm³/mol. The zero-order valence-corrected chi connectivity index (χ0v) is 10.5. The van der Waals surface area contributed by atoms with Crippen molar-refractivity contribution in [3.8, 4) is 0 Å². The average molecular weight is 266 g/mol.